The molecular weight excluding hydrogens is 643 g/mol. The summed E-state index contributed by atoms with van der Waals surface area (Å²) in [6, 6.07) is 6.83. The van der Waals surface area contributed by atoms with Gasteiger partial charge < -0.3 is 0 Å². The Hall–Kier alpha value is -2.05. The molecule has 5 aliphatic heterocycles. The third kappa shape index (κ3) is 2.65. The molecule has 7 atom stereocenters. The Morgan fingerprint density at radius 1 is 1.00 bits per heavy atom. The van der Waals surface area contributed by atoms with Gasteiger partial charge in [-0.3, -0.25) is 4.84 Å². The van der Waals surface area contributed by atoms with Gasteiger partial charge in [-0.15, -0.1) is 0 Å². The number of hydrogen-bond donors (Lipinski definition) is 0. The first-order chi connectivity index (χ1) is 20.4. The number of allylic oxidation sites excluding steroid dienone is 6. The zero-order chi connectivity index (χ0) is 27.7. The van der Waals surface area contributed by atoms with Crippen molar-refractivity contribution in [3.05, 3.63) is 71.2 Å². The zero-order valence-corrected chi connectivity index (χ0v) is 26.3. The molecule has 8 fully saturated rings. The molecule has 5 heterocycles. The van der Waals surface area contributed by atoms with Gasteiger partial charge in [-0.1, -0.05) is 12.2 Å². The van der Waals surface area contributed by atoms with E-state index < -0.39 is 0 Å². The molecule has 1 aromatic carbocycles. The summed E-state index contributed by atoms with van der Waals surface area (Å²) in [6.45, 7) is 5.23. The van der Waals surface area contributed by atoms with Crippen LogP contribution >= 0.6 is 0 Å². The zero-order valence-electron chi connectivity index (χ0n) is 24.1. The summed E-state index contributed by atoms with van der Waals surface area (Å²) in [7, 11) is 0. The van der Waals surface area contributed by atoms with Crippen LogP contribution in [0, 0.1) is 5.92 Å². The minimum absolute atomic E-state index is 0.0592. The molecular formula is C33H36IN4O4-. The van der Waals surface area contributed by atoms with E-state index in [1.807, 2.05) is 5.06 Å². The van der Waals surface area contributed by atoms with Crippen molar-refractivity contribution in [2.75, 3.05) is 5.06 Å². The number of anilines is 1. The van der Waals surface area contributed by atoms with E-state index in [-0.39, 0.29) is 37.9 Å². The summed E-state index contributed by atoms with van der Waals surface area (Å²) < 4.78 is 0.765. The van der Waals surface area contributed by atoms with Gasteiger partial charge in [0.1, 0.15) is 5.60 Å². The molecule has 4 saturated carbocycles. The van der Waals surface area contributed by atoms with E-state index in [4.69, 9.17) is 19.4 Å². The van der Waals surface area contributed by atoms with Gasteiger partial charge in [0, 0.05) is 6.42 Å². The molecule has 8 nitrogen and oxygen atoms in total. The van der Waals surface area contributed by atoms with Crippen LogP contribution in [0.25, 0.3) is 0 Å². The van der Waals surface area contributed by atoms with Gasteiger partial charge in [0.2, 0.25) is 0 Å². The second-order valence-electron chi connectivity index (χ2n) is 14.4. The number of hydroxylamine groups is 7. The molecule has 6 aliphatic carbocycles. The van der Waals surface area contributed by atoms with E-state index in [0.29, 0.717) is 19.1 Å². The van der Waals surface area contributed by atoms with Crippen molar-refractivity contribution in [3.8, 4) is 5.75 Å². The molecule has 2 bridgehead atoms. The molecule has 220 valence electrons. The Kier molecular flexibility index (Phi) is 4.29. The van der Waals surface area contributed by atoms with Crippen molar-refractivity contribution in [1.82, 2.24) is 15.2 Å². The summed E-state index contributed by atoms with van der Waals surface area (Å²) in [5.41, 5.74) is 6.02. The number of fused-ring (bicyclic) bond motifs is 3. The van der Waals surface area contributed by atoms with Crippen LogP contribution in [0.15, 0.2) is 65.7 Å². The van der Waals surface area contributed by atoms with E-state index >= 15 is 0 Å². The van der Waals surface area contributed by atoms with Crippen molar-refractivity contribution in [3.63, 3.8) is 0 Å². The fraction of sp³-hybridized carbons (Fsp3) is 0.576. The van der Waals surface area contributed by atoms with Crippen LogP contribution in [-0.4, -0.2) is 45.1 Å². The van der Waals surface area contributed by atoms with E-state index in [1.54, 1.807) is 0 Å². The summed E-state index contributed by atoms with van der Waals surface area (Å²) >= 11 is 0.141. The maximum atomic E-state index is 6.74. The molecule has 0 aromatic heterocycles. The summed E-state index contributed by atoms with van der Waals surface area (Å²) in [6.07, 6.45) is 21.8. The molecule has 0 radical (unpaired) electrons. The number of nitrogens with zero attached hydrogens (tertiary/aromatic N) is 4. The summed E-state index contributed by atoms with van der Waals surface area (Å²) in [5, 5.41) is 8.92. The Labute approximate surface area is 256 Å². The third-order valence-electron chi connectivity index (χ3n) is 12.0. The van der Waals surface area contributed by atoms with E-state index in [2.05, 4.69) is 77.6 Å². The molecule has 42 heavy (non-hydrogen) atoms. The van der Waals surface area contributed by atoms with Gasteiger partial charge in [0.05, 0.1) is 11.4 Å². The third-order valence-corrected chi connectivity index (χ3v) is 16.7. The molecule has 11 aliphatic rings. The minimum atomic E-state index is -0.205. The van der Waals surface area contributed by atoms with Gasteiger partial charge in [0.15, 0.2) is 0 Å². The quantitative estimate of drug-likeness (QED) is 0.274. The van der Waals surface area contributed by atoms with E-state index in [1.165, 1.54) is 61.2 Å². The first-order valence-corrected chi connectivity index (χ1v) is 18.0. The van der Waals surface area contributed by atoms with Crippen LogP contribution in [-0.2, 0) is 21.1 Å². The Bertz CT molecular complexity index is 1600. The Balaban J connectivity index is 0.821. The standard InChI is InChI=1S/C33H36IN4O4/c1-21-17-23(35-19-22-18-24(9-11-26(22)39-35)36-27-7-3-4-12-29(27,2)40-36)8-10-25(21)37-28-30(15-16-31(28,20-30)41-37)38-32-13-5-6-14-33(32,34-32)42-38/h3-4,7-11,18,21,28H,5-6,12-17,19-20H2,1-2H3/q-1. The number of halogens is 1. The molecule has 9 heteroatoms. The van der Waals surface area contributed by atoms with Crippen LogP contribution in [0.5, 0.6) is 5.75 Å². The van der Waals surface area contributed by atoms with Gasteiger partial charge in [0.25, 0.3) is 0 Å². The van der Waals surface area contributed by atoms with Crippen LogP contribution in [0.4, 0.5) is 5.69 Å². The fourth-order valence-corrected chi connectivity index (χ4v) is 14.4. The van der Waals surface area contributed by atoms with Crippen LogP contribution in [0.3, 0.4) is 0 Å². The number of rotatable bonds is 4. The van der Waals surface area contributed by atoms with Crippen LogP contribution in [0.1, 0.15) is 77.2 Å². The van der Waals surface area contributed by atoms with Gasteiger partial charge in [-0.25, -0.2) is 5.06 Å². The first kappa shape index (κ1) is 24.3. The van der Waals surface area contributed by atoms with Crippen LogP contribution in [0.2, 0.25) is 0 Å². The van der Waals surface area contributed by atoms with Crippen molar-refractivity contribution in [2.45, 2.75) is 108 Å². The first-order valence-electron chi connectivity index (χ1n) is 15.9. The van der Waals surface area contributed by atoms with Gasteiger partial charge >= 0.3 is 181 Å². The molecule has 12 rings (SSSR count). The maximum absolute atomic E-state index is 6.74. The average Bonchev–Trinajstić information content (AvgIpc) is 3.29. The molecule has 7 unspecified atom stereocenters. The van der Waals surface area contributed by atoms with Gasteiger partial charge in [-0.05, 0) is 31.2 Å². The molecule has 4 saturated heterocycles. The second kappa shape index (κ2) is 7.42. The Morgan fingerprint density at radius 2 is 1.93 bits per heavy atom. The van der Waals surface area contributed by atoms with E-state index in [9.17, 15) is 0 Å². The second-order valence-corrected chi connectivity index (χ2v) is 18.5. The topological polar surface area (TPSA) is 49.9 Å². The Morgan fingerprint density at radius 3 is 2.81 bits per heavy atom. The monoisotopic (exact) mass is 679 g/mol. The molecule has 0 amide bonds. The number of hydrogen-bond acceptors (Lipinski definition) is 8. The normalized spacial score (nSPS) is 46.9. The summed E-state index contributed by atoms with van der Waals surface area (Å²) in [5.74, 6) is 1.29. The SMILES string of the molecule is CC1CC(N2Cc3cc(N4OC5(C)CC=CC=C45)ccc3O2)=CC=C1N1OC23CCC(N4OC56CCCCC45[I-]6)(C2)C13. The van der Waals surface area contributed by atoms with Crippen molar-refractivity contribution < 1.29 is 40.6 Å². The summed E-state index contributed by atoms with van der Waals surface area (Å²) in [4.78, 5) is 26.0. The van der Waals surface area contributed by atoms with Crippen LogP contribution < -0.4 is 31.1 Å². The molecule has 0 N–H and O–H groups in total. The van der Waals surface area contributed by atoms with Crippen molar-refractivity contribution in [2.24, 2.45) is 5.92 Å². The molecule has 1 aromatic rings. The fourth-order valence-electron chi connectivity index (χ4n) is 9.83. The predicted octanol–water partition coefficient (Wildman–Crippen LogP) is 2.57. The molecule has 1 spiro atoms. The number of alkyl halides is 2. The van der Waals surface area contributed by atoms with E-state index in [0.717, 1.165) is 37.2 Å². The average molecular weight is 680 g/mol. The van der Waals surface area contributed by atoms with Gasteiger partial charge in [-0.2, -0.15) is 0 Å². The van der Waals surface area contributed by atoms with Crippen molar-refractivity contribution >= 4 is 5.69 Å². The number of benzene rings is 1. The predicted molar refractivity (Wildman–Crippen MR) is 149 cm³/mol. The van der Waals surface area contributed by atoms with Crippen molar-refractivity contribution in [1.29, 1.82) is 0 Å².